The van der Waals surface area contributed by atoms with E-state index < -0.39 is 0 Å². The van der Waals surface area contributed by atoms with E-state index in [4.69, 9.17) is 4.52 Å². The first-order valence-electron chi connectivity index (χ1n) is 3.81. The van der Waals surface area contributed by atoms with Crippen LogP contribution in [0.4, 0.5) is 0 Å². The highest BCUT2D eigenvalue weighted by atomic mass is 31.1. The first kappa shape index (κ1) is 7.57. The van der Waals surface area contributed by atoms with Gasteiger partial charge >= 0.3 is 0 Å². The zero-order valence-corrected chi connectivity index (χ0v) is 7.53. The standard InChI is InChI=1S/C10H9OP/c1-2-5-9(6-3-1)10-7-4-8-11-12-10/h1-8,12H. The Hall–Kier alpha value is -1.07. The lowest BCUT2D eigenvalue weighted by molar-refractivity contribution is 0.556. The van der Waals surface area contributed by atoms with Crippen LogP contribution in [0.15, 0.2) is 48.7 Å². The Morgan fingerprint density at radius 2 is 1.92 bits per heavy atom. The fraction of sp³-hybridized carbons (Fsp3) is 0. The van der Waals surface area contributed by atoms with Gasteiger partial charge in [-0.05, 0) is 17.7 Å². The van der Waals surface area contributed by atoms with E-state index in [0.717, 1.165) is 0 Å². The van der Waals surface area contributed by atoms with Crippen LogP contribution in [0.1, 0.15) is 5.56 Å². The molecule has 0 saturated heterocycles. The molecular weight excluding hydrogens is 167 g/mol. The van der Waals surface area contributed by atoms with E-state index in [9.17, 15) is 0 Å². The first-order valence-corrected chi connectivity index (χ1v) is 4.71. The minimum Gasteiger partial charge on any atom is -0.480 e. The Morgan fingerprint density at radius 1 is 1.08 bits per heavy atom. The van der Waals surface area contributed by atoms with Gasteiger partial charge in [-0.15, -0.1) is 0 Å². The van der Waals surface area contributed by atoms with Crippen molar-refractivity contribution in [3.8, 4) is 0 Å². The van der Waals surface area contributed by atoms with Crippen molar-refractivity contribution in [2.45, 2.75) is 0 Å². The third-order valence-electron chi connectivity index (χ3n) is 1.66. The fourth-order valence-corrected chi connectivity index (χ4v) is 1.80. The molecule has 0 radical (unpaired) electrons. The molecule has 60 valence electrons. The van der Waals surface area contributed by atoms with Crippen molar-refractivity contribution >= 4 is 14.1 Å². The number of benzene rings is 1. The Labute approximate surface area is 73.6 Å². The quantitative estimate of drug-likeness (QED) is 0.597. The van der Waals surface area contributed by atoms with Crippen molar-refractivity contribution < 1.29 is 4.52 Å². The van der Waals surface area contributed by atoms with Gasteiger partial charge in [0.1, 0.15) is 8.81 Å². The van der Waals surface area contributed by atoms with Gasteiger partial charge in [-0.1, -0.05) is 30.3 Å². The summed E-state index contributed by atoms with van der Waals surface area (Å²) in [5, 5.41) is 1.26. The van der Waals surface area contributed by atoms with Crippen LogP contribution in [0.2, 0.25) is 0 Å². The second-order valence-corrected chi connectivity index (χ2v) is 3.47. The molecule has 2 rings (SSSR count). The molecular formula is C10H9OP. The summed E-state index contributed by atoms with van der Waals surface area (Å²) < 4.78 is 5.22. The van der Waals surface area contributed by atoms with Gasteiger partial charge in [0.05, 0.1) is 6.26 Å². The van der Waals surface area contributed by atoms with E-state index in [1.54, 1.807) is 6.26 Å². The van der Waals surface area contributed by atoms with Crippen molar-refractivity contribution in [1.82, 2.24) is 0 Å². The van der Waals surface area contributed by atoms with Crippen LogP contribution < -0.4 is 0 Å². The van der Waals surface area contributed by atoms with Crippen LogP contribution in [-0.2, 0) is 4.52 Å². The molecule has 0 saturated carbocycles. The average molecular weight is 176 g/mol. The average Bonchev–Trinajstić information content (AvgIpc) is 2.21. The largest absolute Gasteiger partial charge is 0.480 e. The molecule has 12 heavy (non-hydrogen) atoms. The van der Waals surface area contributed by atoms with Crippen molar-refractivity contribution in [3.05, 3.63) is 54.3 Å². The van der Waals surface area contributed by atoms with Gasteiger partial charge in [0.2, 0.25) is 0 Å². The summed E-state index contributed by atoms with van der Waals surface area (Å²) in [5.74, 6) is 0. The molecule has 0 aliphatic carbocycles. The Balaban J connectivity index is 2.31. The lowest BCUT2D eigenvalue weighted by atomic mass is 10.2. The van der Waals surface area contributed by atoms with E-state index in [-0.39, 0.29) is 0 Å². The van der Waals surface area contributed by atoms with Crippen molar-refractivity contribution in [2.75, 3.05) is 0 Å². The van der Waals surface area contributed by atoms with Gasteiger partial charge in [-0.25, -0.2) is 0 Å². The van der Waals surface area contributed by atoms with E-state index in [0.29, 0.717) is 8.81 Å². The second-order valence-electron chi connectivity index (χ2n) is 2.49. The predicted octanol–water partition coefficient (Wildman–Crippen LogP) is 3.16. The second kappa shape index (κ2) is 3.55. The van der Waals surface area contributed by atoms with Crippen molar-refractivity contribution in [2.24, 2.45) is 0 Å². The summed E-state index contributed by atoms with van der Waals surface area (Å²) in [6, 6.07) is 10.3. The summed E-state index contributed by atoms with van der Waals surface area (Å²) in [6.07, 6.45) is 5.75. The van der Waals surface area contributed by atoms with Crippen molar-refractivity contribution in [3.63, 3.8) is 0 Å². The van der Waals surface area contributed by atoms with Crippen LogP contribution in [-0.4, -0.2) is 0 Å². The molecule has 0 N–H and O–H groups in total. The normalized spacial score (nSPS) is 17.2. The Morgan fingerprint density at radius 3 is 2.58 bits per heavy atom. The van der Waals surface area contributed by atoms with Crippen LogP contribution in [0.3, 0.4) is 0 Å². The van der Waals surface area contributed by atoms with Crippen LogP contribution >= 0.6 is 8.81 Å². The molecule has 0 spiro atoms. The molecule has 1 aromatic rings. The van der Waals surface area contributed by atoms with Crippen LogP contribution in [0, 0.1) is 0 Å². The predicted molar refractivity (Wildman–Crippen MR) is 53.0 cm³/mol. The number of hydrogen-bond donors (Lipinski definition) is 0. The number of allylic oxidation sites excluding steroid dienone is 2. The topological polar surface area (TPSA) is 9.23 Å². The summed E-state index contributed by atoms with van der Waals surface area (Å²) in [5.41, 5.74) is 1.25. The van der Waals surface area contributed by atoms with Gasteiger partial charge in [-0.2, -0.15) is 0 Å². The van der Waals surface area contributed by atoms with Crippen LogP contribution in [0.5, 0.6) is 0 Å². The van der Waals surface area contributed by atoms with Gasteiger partial charge in [0, 0.05) is 5.31 Å². The van der Waals surface area contributed by atoms with E-state index >= 15 is 0 Å². The van der Waals surface area contributed by atoms with Gasteiger partial charge in [0.25, 0.3) is 0 Å². The van der Waals surface area contributed by atoms with Gasteiger partial charge in [-0.3, -0.25) is 0 Å². The Kier molecular flexibility index (Phi) is 2.24. The molecule has 1 aromatic carbocycles. The maximum Gasteiger partial charge on any atom is 0.104 e. The minimum absolute atomic E-state index is 0.445. The molecule has 2 heteroatoms. The first-order chi connectivity index (χ1) is 5.97. The lowest BCUT2D eigenvalue weighted by Gasteiger charge is -2.08. The van der Waals surface area contributed by atoms with Crippen LogP contribution in [0.25, 0.3) is 5.31 Å². The maximum absolute atomic E-state index is 5.22. The molecule has 0 amide bonds. The van der Waals surface area contributed by atoms with E-state index in [2.05, 4.69) is 18.2 Å². The van der Waals surface area contributed by atoms with E-state index in [1.165, 1.54) is 10.9 Å². The highest BCUT2D eigenvalue weighted by Gasteiger charge is 2.02. The summed E-state index contributed by atoms with van der Waals surface area (Å²) >= 11 is 0. The molecule has 1 aliphatic rings. The Bertz CT molecular complexity index is 314. The highest BCUT2D eigenvalue weighted by Crippen LogP contribution is 2.36. The number of hydrogen-bond acceptors (Lipinski definition) is 1. The molecule has 1 atom stereocenters. The van der Waals surface area contributed by atoms with E-state index in [1.807, 2.05) is 24.3 Å². The SMILES string of the molecule is C1=COPC(c2ccccc2)=C1. The molecule has 0 fully saturated rings. The van der Waals surface area contributed by atoms with Gasteiger partial charge < -0.3 is 4.52 Å². The highest BCUT2D eigenvalue weighted by molar-refractivity contribution is 7.45. The molecule has 1 heterocycles. The minimum atomic E-state index is 0.445. The van der Waals surface area contributed by atoms with Crippen molar-refractivity contribution in [1.29, 1.82) is 0 Å². The molecule has 1 aliphatic heterocycles. The smallest absolute Gasteiger partial charge is 0.104 e. The molecule has 1 unspecified atom stereocenters. The zero-order valence-electron chi connectivity index (χ0n) is 6.53. The molecule has 0 bridgehead atoms. The monoisotopic (exact) mass is 176 g/mol. The maximum atomic E-state index is 5.22. The summed E-state index contributed by atoms with van der Waals surface area (Å²) in [4.78, 5) is 0. The third-order valence-corrected chi connectivity index (χ3v) is 2.59. The fourth-order valence-electron chi connectivity index (χ4n) is 1.08. The van der Waals surface area contributed by atoms with Gasteiger partial charge in [0.15, 0.2) is 0 Å². The number of rotatable bonds is 1. The zero-order chi connectivity index (χ0) is 8.23. The third kappa shape index (κ3) is 1.57. The molecule has 1 nitrogen and oxygen atoms in total. The molecule has 0 aromatic heterocycles. The summed E-state index contributed by atoms with van der Waals surface area (Å²) in [7, 11) is 0.445. The lowest BCUT2D eigenvalue weighted by Crippen LogP contribution is -1.80. The summed E-state index contributed by atoms with van der Waals surface area (Å²) in [6.45, 7) is 0.